The average Bonchev–Trinajstić information content (AvgIpc) is 3.31. The summed E-state index contributed by atoms with van der Waals surface area (Å²) in [6.07, 6.45) is -0.804. The van der Waals surface area contributed by atoms with Gasteiger partial charge in [-0.3, -0.25) is 9.69 Å². The lowest BCUT2D eigenvalue weighted by Crippen LogP contribution is -2.30. The normalized spacial score (nSPS) is 13.9. The van der Waals surface area contributed by atoms with Crippen LogP contribution in [0.5, 0.6) is 0 Å². The van der Waals surface area contributed by atoms with E-state index in [9.17, 15) is 18.0 Å². The van der Waals surface area contributed by atoms with E-state index in [-0.39, 0.29) is 19.1 Å². The Labute approximate surface area is 170 Å². The molecule has 0 aromatic carbocycles. The van der Waals surface area contributed by atoms with E-state index in [2.05, 4.69) is 10.1 Å². The van der Waals surface area contributed by atoms with Gasteiger partial charge in [0.05, 0.1) is 19.1 Å². The largest absolute Gasteiger partial charge is 0.490 e. The molecule has 3 rings (SSSR count). The van der Waals surface area contributed by atoms with Crippen LogP contribution in [-0.4, -0.2) is 65.4 Å². The molecule has 0 bridgehead atoms. The summed E-state index contributed by atoms with van der Waals surface area (Å²) < 4.78 is 47.7. The quantitative estimate of drug-likeness (QED) is 0.738. The molecule has 0 atom stereocenters. The molecule has 0 radical (unpaired) electrons. The molecule has 1 amide bonds. The minimum Gasteiger partial charge on any atom is -0.475 e. The number of nitrogens with zero attached hydrogens (tertiary/aromatic N) is 3. The number of aliphatic carboxylic acids is 1. The van der Waals surface area contributed by atoms with E-state index in [0.29, 0.717) is 0 Å². The fourth-order valence-corrected chi connectivity index (χ4v) is 2.57. The number of carbonyl (C=O) groups is 2. The number of aromatic nitrogens is 1. The first-order valence-corrected chi connectivity index (χ1v) is 8.85. The molecule has 2 aromatic heterocycles. The number of amides is 1. The second kappa shape index (κ2) is 10.3. The number of ether oxygens (including phenoxy) is 1. The number of carbonyl (C=O) groups excluding carboxylic acids is 1. The molecule has 0 aliphatic carbocycles. The van der Waals surface area contributed by atoms with Gasteiger partial charge in [-0.1, -0.05) is 5.16 Å². The molecule has 166 valence electrons. The van der Waals surface area contributed by atoms with E-state index in [0.717, 1.165) is 48.6 Å². The molecule has 1 aliphatic rings. The molecular formula is C18H22F3N3O6. The second-order valence-electron chi connectivity index (χ2n) is 6.71. The van der Waals surface area contributed by atoms with Crippen LogP contribution in [0.15, 0.2) is 27.5 Å². The highest BCUT2D eigenvalue weighted by Crippen LogP contribution is 2.24. The minimum absolute atomic E-state index is 0.0490. The van der Waals surface area contributed by atoms with Crippen molar-refractivity contribution in [2.75, 3.05) is 27.2 Å². The van der Waals surface area contributed by atoms with Crippen molar-refractivity contribution < 1.29 is 41.5 Å². The Morgan fingerprint density at radius 2 is 2.07 bits per heavy atom. The van der Waals surface area contributed by atoms with E-state index in [1.165, 1.54) is 4.90 Å². The third kappa shape index (κ3) is 6.88. The summed E-state index contributed by atoms with van der Waals surface area (Å²) in [5.74, 6) is -1.90. The standard InChI is InChI=1S/C16H21N3O4.C2HF3O2/c1-18(2)16(20)11-22-10-14-13-8-19(5-3-15(13)23-17-14)7-12-4-6-21-9-12;3-2(4,5)1(6)7/h4,6,9H,3,5,7-8,10-11H2,1-2H3;(H,6,7). The van der Waals surface area contributed by atoms with E-state index in [1.54, 1.807) is 26.6 Å². The van der Waals surface area contributed by atoms with Gasteiger partial charge in [0, 0.05) is 51.3 Å². The smallest absolute Gasteiger partial charge is 0.475 e. The van der Waals surface area contributed by atoms with Crippen molar-refractivity contribution in [3.63, 3.8) is 0 Å². The molecule has 1 aliphatic heterocycles. The number of halogens is 3. The van der Waals surface area contributed by atoms with Gasteiger partial charge < -0.3 is 23.7 Å². The first-order valence-electron chi connectivity index (χ1n) is 8.85. The van der Waals surface area contributed by atoms with Gasteiger partial charge in [-0.2, -0.15) is 13.2 Å². The lowest BCUT2D eigenvalue weighted by molar-refractivity contribution is -0.192. The number of fused-ring (bicyclic) bond motifs is 1. The van der Waals surface area contributed by atoms with Gasteiger partial charge >= 0.3 is 12.1 Å². The summed E-state index contributed by atoms with van der Waals surface area (Å²) in [6, 6.07) is 1.97. The zero-order valence-electron chi connectivity index (χ0n) is 16.4. The molecule has 2 aromatic rings. The Bertz CT molecular complexity index is 833. The molecule has 0 fully saturated rings. The number of hydrogen-bond donors (Lipinski definition) is 1. The van der Waals surface area contributed by atoms with Crippen LogP contribution in [0.1, 0.15) is 22.6 Å². The molecule has 9 nitrogen and oxygen atoms in total. The Morgan fingerprint density at radius 3 is 2.63 bits per heavy atom. The summed E-state index contributed by atoms with van der Waals surface area (Å²) in [5.41, 5.74) is 3.01. The van der Waals surface area contributed by atoms with E-state index in [4.69, 9.17) is 23.6 Å². The van der Waals surface area contributed by atoms with Crippen molar-refractivity contribution in [1.82, 2.24) is 15.0 Å². The minimum atomic E-state index is -5.08. The van der Waals surface area contributed by atoms with Crippen LogP contribution in [0.3, 0.4) is 0 Å². The predicted octanol–water partition coefficient (Wildman–Crippen LogP) is 2.06. The molecule has 0 spiro atoms. The van der Waals surface area contributed by atoms with Gasteiger partial charge in [0.2, 0.25) is 5.91 Å². The summed E-state index contributed by atoms with van der Waals surface area (Å²) in [7, 11) is 3.41. The molecule has 0 saturated heterocycles. The lowest BCUT2D eigenvalue weighted by atomic mass is 10.1. The molecule has 1 N–H and O–H groups in total. The van der Waals surface area contributed by atoms with Crippen molar-refractivity contribution in [3.05, 3.63) is 41.2 Å². The topological polar surface area (TPSA) is 109 Å². The van der Waals surface area contributed by atoms with Gasteiger partial charge in [0.25, 0.3) is 0 Å². The van der Waals surface area contributed by atoms with Crippen LogP contribution in [0.2, 0.25) is 0 Å². The SMILES string of the molecule is CN(C)C(=O)COCc1noc2c1CN(Cc1ccoc1)CC2.O=C(O)C(F)(F)F. The number of alkyl halides is 3. The van der Waals surface area contributed by atoms with Crippen molar-refractivity contribution in [1.29, 1.82) is 0 Å². The first kappa shape index (κ1) is 23.4. The fraction of sp³-hybridized carbons (Fsp3) is 0.500. The highest BCUT2D eigenvalue weighted by Gasteiger charge is 2.38. The number of carboxylic acid groups (broad SMARTS) is 1. The van der Waals surface area contributed by atoms with Gasteiger partial charge in [0.1, 0.15) is 18.1 Å². The zero-order chi connectivity index (χ0) is 22.3. The van der Waals surface area contributed by atoms with Gasteiger partial charge in [-0.05, 0) is 6.07 Å². The predicted molar refractivity (Wildman–Crippen MR) is 95.1 cm³/mol. The Hall–Kier alpha value is -2.86. The summed E-state index contributed by atoms with van der Waals surface area (Å²) in [4.78, 5) is 24.2. The van der Waals surface area contributed by atoms with Gasteiger partial charge in [-0.25, -0.2) is 4.79 Å². The molecular weight excluding hydrogens is 411 g/mol. The van der Waals surface area contributed by atoms with Gasteiger partial charge in [-0.15, -0.1) is 0 Å². The Morgan fingerprint density at radius 1 is 1.37 bits per heavy atom. The monoisotopic (exact) mass is 433 g/mol. The number of hydrogen-bond acceptors (Lipinski definition) is 7. The van der Waals surface area contributed by atoms with E-state index >= 15 is 0 Å². The summed E-state index contributed by atoms with van der Waals surface area (Å²) in [6.45, 7) is 2.86. The van der Waals surface area contributed by atoms with Crippen LogP contribution in [0, 0.1) is 0 Å². The molecule has 3 heterocycles. The number of furan rings is 1. The van der Waals surface area contributed by atoms with Crippen LogP contribution in [0.25, 0.3) is 0 Å². The van der Waals surface area contributed by atoms with Crippen molar-refractivity contribution >= 4 is 11.9 Å². The molecule has 30 heavy (non-hydrogen) atoms. The van der Waals surface area contributed by atoms with E-state index < -0.39 is 12.1 Å². The average molecular weight is 433 g/mol. The van der Waals surface area contributed by atoms with Crippen LogP contribution < -0.4 is 0 Å². The fourth-order valence-electron chi connectivity index (χ4n) is 2.57. The maximum atomic E-state index is 11.5. The third-order valence-corrected chi connectivity index (χ3v) is 4.18. The summed E-state index contributed by atoms with van der Waals surface area (Å²) in [5, 5.41) is 11.2. The maximum absolute atomic E-state index is 11.5. The number of likely N-dealkylation sites (N-methyl/N-ethyl adjacent to an activating group) is 1. The second-order valence-corrected chi connectivity index (χ2v) is 6.71. The van der Waals surface area contributed by atoms with Crippen LogP contribution >= 0.6 is 0 Å². The van der Waals surface area contributed by atoms with Gasteiger partial charge in [0.15, 0.2) is 0 Å². The third-order valence-electron chi connectivity index (χ3n) is 4.18. The molecule has 0 saturated carbocycles. The highest BCUT2D eigenvalue weighted by molar-refractivity contribution is 5.76. The number of carboxylic acids is 1. The maximum Gasteiger partial charge on any atom is 0.490 e. The molecule has 0 unspecified atom stereocenters. The number of rotatable bonds is 6. The van der Waals surface area contributed by atoms with Crippen molar-refractivity contribution in [3.8, 4) is 0 Å². The van der Waals surface area contributed by atoms with Crippen molar-refractivity contribution in [2.45, 2.75) is 32.3 Å². The summed E-state index contributed by atoms with van der Waals surface area (Å²) >= 11 is 0. The zero-order valence-corrected chi connectivity index (χ0v) is 16.4. The molecule has 12 heteroatoms. The Balaban J connectivity index is 0.000000396. The first-order chi connectivity index (χ1) is 14.1. The Kier molecular flexibility index (Phi) is 8.00. The van der Waals surface area contributed by atoms with Crippen LogP contribution in [0.4, 0.5) is 13.2 Å². The van der Waals surface area contributed by atoms with E-state index in [1.807, 2.05) is 6.07 Å². The van der Waals surface area contributed by atoms with Crippen molar-refractivity contribution in [2.24, 2.45) is 0 Å². The van der Waals surface area contributed by atoms with Crippen LogP contribution in [-0.2, 0) is 40.4 Å². The highest BCUT2D eigenvalue weighted by atomic mass is 19.4. The lowest BCUT2D eigenvalue weighted by Gasteiger charge is -2.25.